The van der Waals surface area contributed by atoms with Crippen LogP contribution >= 0.6 is 0 Å². The number of nitrogens with zero attached hydrogens (tertiary/aromatic N) is 3. The standard InChI is InChI=1S/C12H15N3O/c1-12(16)5-2-6-15(9-12)11-4-3-10(7-13)14-8-11/h3-4,8,16H,2,5-6,9H2,1H3. The molecule has 2 heterocycles. The highest BCUT2D eigenvalue weighted by molar-refractivity contribution is 5.46. The summed E-state index contributed by atoms with van der Waals surface area (Å²) in [6.07, 6.45) is 3.51. The predicted molar refractivity (Wildman–Crippen MR) is 61.0 cm³/mol. The number of β-amino-alcohol motifs (C(OH)–C–C–N with tert-alkyl or cyclic N) is 1. The fourth-order valence-electron chi connectivity index (χ4n) is 2.08. The lowest BCUT2D eigenvalue weighted by molar-refractivity contribution is 0.0449. The van der Waals surface area contributed by atoms with Crippen LogP contribution in [-0.4, -0.2) is 28.8 Å². The molecule has 1 fully saturated rings. The van der Waals surface area contributed by atoms with Crippen molar-refractivity contribution in [3.05, 3.63) is 24.0 Å². The number of rotatable bonds is 1. The van der Waals surface area contributed by atoms with Crippen molar-refractivity contribution in [3.63, 3.8) is 0 Å². The SMILES string of the molecule is CC1(O)CCCN(c2ccc(C#N)nc2)C1. The lowest BCUT2D eigenvalue weighted by atomic mass is 9.95. The fraction of sp³-hybridized carbons (Fsp3) is 0.500. The van der Waals surface area contributed by atoms with E-state index in [1.54, 1.807) is 12.3 Å². The Morgan fingerprint density at radius 2 is 2.38 bits per heavy atom. The Bertz CT molecular complexity index is 405. The summed E-state index contributed by atoms with van der Waals surface area (Å²) >= 11 is 0. The van der Waals surface area contributed by atoms with Gasteiger partial charge in [0, 0.05) is 13.1 Å². The van der Waals surface area contributed by atoms with Crippen molar-refractivity contribution in [2.24, 2.45) is 0 Å². The number of aromatic nitrogens is 1. The van der Waals surface area contributed by atoms with Gasteiger partial charge >= 0.3 is 0 Å². The zero-order valence-electron chi connectivity index (χ0n) is 9.35. The lowest BCUT2D eigenvalue weighted by Gasteiger charge is -2.38. The first-order chi connectivity index (χ1) is 7.61. The maximum Gasteiger partial charge on any atom is 0.140 e. The van der Waals surface area contributed by atoms with Crippen LogP contribution in [0.25, 0.3) is 0 Å². The van der Waals surface area contributed by atoms with Crippen molar-refractivity contribution in [1.82, 2.24) is 4.98 Å². The van der Waals surface area contributed by atoms with E-state index in [0.717, 1.165) is 25.1 Å². The summed E-state index contributed by atoms with van der Waals surface area (Å²) < 4.78 is 0. The predicted octanol–water partition coefficient (Wildman–Crippen LogP) is 1.30. The summed E-state index contributed by atoms with van der Waals surface area (Å²) in [5.41, 5.74) is 0.776. The third-order valence-electron chi connectivity index (χ3n) is 2.90. The van der Waals surface area contributed by atoms with Crippen LogP contribution in [0.5, 0.6) is 0 Å². The van der Waals surface area contributed by atoms with Gasteiger partial charge in [-0.15, -0.1) is 0 Å². The summed E-state index contributed by atoms with van der Waals surface area (Å²) in [7, 11) is 0. The number of hydrogen-bond donors (Lipinski definition) is 1. The molecule has 0 radical (unpaired) electrons. The van der Waals surface area contributed by atoms with Gasteiger partial charge in [-0.05, 0) is 31.9 Å². The fourth-order valence-corrected chi connectivity index (χ4v) is 2.08. The number of piperidine rings is 1. The van der Waals surface area contributed by atoms with Crippen molar-refractivity contribution >= 4 is 5.69 Å². The van der Waals surface area contributed by atoms with E-state index in [4.69, 9.17) is 5.26 Å². The van der Waals surface area contributed by atoms with E-state index >= 15 is 0 Å². The topological polar surface area (TPSA) is 60.1 Å². The van der Waals surface area contributed by atoms with Crippen molar-refractivity contribution < 1.29 is 5.11 Å². The van der Waals surface area contributed by atoms with Gasteiger partial charge in [-0.1, -0.05) is 0 Å². The van der Waals surface area contributed by atoms with Gasteiger partial charge < -0.3 is 10.0 Å². The van der Waals surface area contributed by atoms with Crippen LogP contribution in [-0.2, 0) is 0 Å². The lowest BCUT2D eigenvalue weighted by Crippen LogP contribution is -2.46. The van der Waals surface area contributed by atoms with Gasteiger partial charge in [0.05, 0.1) is 17.5 Å². The molecule has 2 rings (SSSR count). The van der Waals surface area contributed by atoms with E-state index in [-0.39, 0.29) is 0 Å². The molecule has 1 saturated heterocycles. The Kier molecular flexibility index (Phi) is 2.80. The second kappa shape index (κ2) is 4.11. The molecule has 1 aromatic rings. The van der Waals surface area contributed by atoms with E-state index in [9.17, 15) is 5.11 Å². The van der Waals surface area contributed by atoms with Gasteiger partial charge in [-0.3, -0.25) is 0 Å². The molecule has 84 valence electrons. The maximum absolute atomic E-state index is 9.99. The van der Waals surface area contributed by atoms with E-state index in [0.29, 0.717) is 12.2 Å². The number of aliphatic hydroxyl groups is 1. The highest BCUT2D eigenvalue weighted by atomic mass is 16.3. The van der Waals surface area contributed by atoms with Gasteiger partial charge in [0.1, 0.15) is 11.8 Å². The summed E-state index contributed by atoms with van der Waals surface area (Å²) in [5, 5.41) is 18.6. The first-order valence-corrected chi connectivity index (χ1v) is 5.44. The molecule has 1 aromatic heterocycles. The van der Waals surface area contributed by atoms with Gasteiger partial charge in [0.15, 0.2) is 0 Å². The quantitative estimate of drug-likeness (QED) is 0.770. The van der Waals surface area contributed by atoms with Gasteiger partial charge in [0.25, 0.3) is 0 Å². The molecule has 4 heteroatoms. The Morgan fingerprint density at radius 3 is 2.94 bits per heavy atom. The second-order valence-electron chi connectivity index (χ2n) is 4.54. The molecular weight excluding hydrogens is 202 g/mol. The van der Waals surface area contributed by atoms with Crippen LogP contribution < -0.4 is 4.90 Å². The molecule has 1 N–H and O–H groups in total. The van der Waals surface area contributed by atoms with Crippen molar-refractivity contribution in [3.8, 4) is 6.07 Å². The molecule has 0 amide bonds. The molecular formula is C12H15N3O. The molecule has 16 heavy (non-hydrogen) atoms. The molecule has 0 spiro atoms. The van der Waals surface area contributed by atoms with Gasteiger partial charge in [-0.2, -0.15) is 5.26 Å². The van der Waals surface area contributed by atoms with Crippen LogP contribution in [0, 0.1) is 11.3 Å². The Balaban J connectivity index is 2.15. The third-order valence-corrected chi connectivity index (χ3v) is 2.90. The summed E-state index contributed by atoms with van der Waals surface area (Å²) in [6, 6.07) is 5.58. The number of hydrogen-bond acceptors (Lipinski definition) is 4. The minimum absolute atomic E-state index is 0.424. The Morgan fingerprint density at radius 1 is 1.56 bits per heavy atom. The van der Waals surface area contributed by atoms with Crippen molar-refractivity contribution in [2.45, 2.75) is 25.4 Å². The number of anilines is 1. The largest absolute Gasteiger partial charge is 0.388 e. The minimum Gasteiger partial charge on any atom is -0.388 e. The molecule has 1 aliphatic heterocycles. The van der Waals surface area contributed by atoms with Crippen LogP contribution in [0.4, 0.5) is 5.69 Å². The smallest absolute Gasteiger partial charge is 0.140 e. The van der Waals surface area contributed by atoms with Crippen LogP contribution in [0.2, 0.25) is 0 Å². The summed E-state index contributed by atoms with van der Waals surface area (Å²) in [6.45, 7) is 3.42. The van der Waals surface area contributed by atoms with E-state index in [1.807, 2.05) is 19.1 Å². The van der Waals surface area contributed by atoms with Crippen LogP contribution in [0.15, 0.2) is 18.3 Å². The Hall–Kier alpha value is -1.60. The summed E-state index contributed by atoms with van der Waals surface area (Å²) in [4.78, 5) is 6.14. The monoisotopic (exact) mass is 217 g/mol. The average molecular weight is 217 g/mol. The van der Waals surface area contributed by atoms with Crippen LogP contribution in [0.1, 0.15) is 25.5 Å². The number of nitriles is 1. The van der Waals surface area contributed by atoms with E-state index < -0.39 is 5.60 Å². The molecule has 4 nitrogen and oxygen atoms in total. The second-order valence-corrected chi connectivity index (χ2v) is 4.54. The minimum atomic E-state index is -0.619. The summed E-state index contributed by atoms with van der Waals surface area (Å²) in [5.74, 6) is 0. The van der Waals surface area contributed by atoms with E-state index in [1.165, 1.54) is 0 Å². The highest BCUT2D eigenvalue weighted by Crippen LogP contribution is 2.24. The molecule has 1 atom stereocenters. The Labute approximate surface area is 95.1 Å². The molecule has 1 unspecified atom stereocenters. The molecule has 0 saturated carbocycles. The average Bonchev–Trinajstić information content (AvgIpc) is 2.28. The zero-order valence-corrected chi connectivity index (χ0v) is 9.35. The molecule has 0 aliphatic carbocycles. The molecule has 1 aliphatic rings. The first-order valence-electron chi connectivity index (χ1n) is 5.44. The maximum atomic E-state index is 9.99. The third kappa shape index (κ3) is 2.31. The number of pyridine rings is 1. The molecule has 0 bridgehead atoms. The van der Waals surface area contributed by atoms with Gasteiger partial charge in [-0.25, -0.2) is 4.98 Å². The normalized spacial score (nSPS) is 25.2. The van der Waals surface area contributed by atoms with Crippen molar-refractivity contribution in [2.75, 3.05) is 18.0 Å². The van der Waals surface area contributed by atoms with Crippen molar-refractivity contribution in [1.29, 1.82) is 5.26 Å². The van der Waals surface area contributed by atoms with E-state index in [2.05, 4.69) is 9.88 Å². The first kappa shape index (κ1) is 10.9. The van der Waals surface area contributed by atoms with Gasteiger partial charge in [0.2, 0.25) is 0 Å². The van der Waals surface area contributed by atoms with Crippen LogP contribution in [0.3, 0.4) is 0 Å². The zero-order chi connectivity index (χ0) is 11.6. The molecule has 0 aromatic carbocycles. The highest BCUT2D eigenvalue weighted by Gasteiger charge is 2.28.